The van der Waals surface area contributed by atoms with Crippen LogP contribution in [0.25, 0.3) is 0 Å². The van der Waals surface area contributed by atoms with Crippen molar-refractivity contribution in [1.82, 2.24) is 5.06 Å². The third kappa shape index (κ3) is 4.28. The number of rotatable bonds is 6. The molecule has 1 saturated heterocycles. The van der Waals surface area contributed by atoms with Crippen molar-refractivity contribution < 1.29 is 4.84 Å². The zero-order valence-corrected chi connectivity index (χ0v) is 9.63. The third-order valence-electron chi connectivity index (χ3n) is 1.78. The SMILES string of the molecule is CCN(CC)OCCI1CC1. The normalized spacial score (nSPS) is 19.4. The summed E-state index contributed by atoms with van der Waals surface area (Å²) in [6, 6.07) is 0. The third-order valence-corrected chi connectivity index (χ3v) is 6.35. The summed E-state index contributed by atoms with van der Waals surface area (Å²) >= 11 is -0.300. The molecule has 2 nitrogen and oxygen atoms in total. The van der Waals surface area contributed by atoms with E-state index >= 15 is 0 Å². The molecule has 0 bridgehead atoms. The topological polar surface area (TPSA) is 12.5 Å². The number of halogens is 1. The van der Waals surface area contributed by atoms with Gasteiger partial charge in [-0.2, -0.15) is 0 Å². The fourth-order valence-electron chi connectivity index (χ4n) is 0.918. The second-order valence-corrected chi connectivity index (χ2v) is 9.05. The van der Waals surface area contributed by atoms with Gasteiger partial charge in [-0.15, -0.1) is 0 Å². The monoisotopic (exact) mass is 271 g/mol. The molecule has 3 heteroatoms. The Morgan fingerprint density at radius 3 is 2.36 bits per heavy atom. The second kappa shape index (κ2) is 5.32. The van der Waals surface area contributed by atoms with Crippen molar-refractivity contribution in [2.45, 2.75) is 13.8 Å². The molecule has 0 aromatic rings. The molecule has 0 saturated carbocycles. The predicted octanol–water partition coefficient (Wildman–Crippen LogP) is 1.78. The Hall–Kier alpha value is 0.650. The Kier molecular flexibility index (Phi) is 4.71. The van der Waals surface area contributed by atoms with Gasteiger partial charge in [0.2, 0.25) is 0 Å². The van der Waals surface area contributed by atoms with Crippen LogP contribution in [0.5, 0.6) is 0 Å². The van der Waals surface area contributed by atoms with Crippen LogP contribution < -0.4 is 0 Å². The van der Waals surface area contributed by atoms with Gasteiger partial charge < -0.3 is 0 Å². The number of hydroxylamine groups is 2. The molecule has 11 heavy (non-hydrogen) atoms. The zero-order valence-electron chi connectivity index (χ0n) is 7.48. The molecular weight excluding hydrogens is 253 g/mol. The zero-order chi connectivity index (χ0) is 8.10. The van der Waals surface area contributed by atoms with E-state index in [9.17, 15) is 0 Å². The first-order valence-electron chi connectivity index (χ1n) is 4.32. The summed E-state index contributed by atoms with van der Waals surface area (Å²) in [5.74, 6) is 0. The maximum absolute atomic E-state index is 5.56. The summed E-state index contributed by atoms with van der Waals surface area (Å²) in [7, 11) is 0. The van der Waals surface area contributed by atoms with E-state index in [1.807, 2.05) is 5.06 Å². The van der Waals surface area contributed by atoms with E-state index in [4.69, 9.17) is 4.84 Å². The van der Waals surface area contributed by atoms with Crippen LogP contribution in [0.15, 0.2) is 0 Å². The molecule has 0 atom stereocenters. The van der Waals surface area contributed by atoms with Crippen LogP contribution in [0.3, 0.4) is 0 Å². The minimum atomic E-state index is -0.300. The van der Waals surface area contributed by atoms with Crippen molar-refractivity contribution in [1.29, 1.82) is 0 Å². The van der Waals surface area contributed by atoms with Gasteiger partial charge in [-0.3, -0.25) is 0 Å². The van der Waals surface area contributed by atoms with Crippen molar-refractivity contribution >= 4 is 19.8 Å². The number of nitrogens with zero attached hydrogens (tertiary/aromatic N) is 1. The summed E-state index contributed by atoms with van der Waals surface area (Å²) in [6.45, 7) is 7.31. The van der Waals surface area contributed by atoms with Crippen LogP contribution in [0.1, 0.15) is 13.8 Å². The molecule has 0 spiro atoms. The first kappa shape index (κ1) is 9.74. The van der Waals surface area contributed by atoms with Crippen LogP contribution in [-0.2, 0) is 4.84 Å². The van der Waals surface area contributed by atoms with Gasteiger partial charge >= 0.3 is 76.5 Å². The van der Waals surface area contributed by atoms with Crippen molar-refractivity contribution in [3.05, 3.63) is 0 Å². The van der Waals surface area contributed by atoms with Crippen molar-refractivity contribution in [2.75, 3.05) is 33.0 Å². The van der Waals surface area contributed by atoms with Crippen molar-refractivity contribution in [3.63, 3.8) is 0 Å². The summed E-state index contributed by atoms with van der Waals surface area (Å²) in [5, 5.41) is 2.04. The van der Waals surface area contributed by atoms with Crippen molar-refractivity contribution in [3.8, 4) is 0 Å². The number of hydrogen-bond acceptors (Lipinski definition) is 2. The van der Waals surface area contributed by atoms with Crippen LogP contribution in [0.2, 0.25) is 0 Å². The predicted molar refractivity (Wildman–Crippen MR) is 57.5 cm³/mol. The van der Waals surface area contributed by atoms with E-state index in [-0.39, 0.29) is 19.8 Å². The van der Waals surface area contributed by atoms with Gasteiger partial charge in [0, 0.05) is 0 Å². The first-order valence-corrected chi connectivity index (χ1v) is 8.90. The number of hydrogen-bond donors (Lipinski definition) is 0. The summed E-state index contributed by atoms with van der Waals surface area (Å²) in [6.07, 6.45) is 0. The maximum atomic E-state index is 5.56. The van der Waals surface area contributed by atoms with Crippen LogP contribution in [0, 0.1) is 0 Å². The molecule has 0 N–H and O–H groups in total. The fraction of sp³-hybridized carbons (Fsp3) is 1.00. The van der Waals surface area contributed by atoms with Crippen LogP contribution in [-0.4, -0.2) is 38.0 Å². The molecule has 0 aromatic heterocycles. The molecule has 1 aliphatic rings. The standard InChI is InChI=1S/C8H18INO/c1-3-10(4-2)11-8-7-9-5-6-9/h3-8H2,1-2H3. The quantitative estimate of drug-likeness (QED) is 0.415. The van der Waals surface area contributed by atoms with E-state index in [1.165, 1.54) is 4.43 Å². The average molecular weight is 271 g/mol. The van der Waals surface area contributed by atoms with Gasteiger partial charge in [0.25, 0.3) is 0 Å². The van der Waals surface area contributed by atoms with Gasteiger partial charge in [0.05, 0.1) is 0 Å². The Morgan fingerprint density at radius 1 is 1.27 bits per heavy atom. The van der Waals surface area contributed by atoms with Crippen molar-refractivity contribution in [2.24, 2.45) is 0 Å². The molecule has 0 unspecified atom stereocenters. The fourth-order valence-corrected chi connectivity index (χ4v) is 5.04. The van der Waals surface area contributed by atoms with E-state index < -0.39 is 0 Å². The van der Waals surface area contributed by atoms with E-state index in [2.05, 4.69) is 13.8 Å². The molecule has 1 aliphatic heterocycles. The van der Waals surface area contributed by atoms with Crippen LogP contribution in [0.4, 0.5) is 0 Å². The van der Waals surface area contributed by atoms with E-state index in [0.29, 0.717) is 0 Å². The van der Waals surface area contributed by atoms with Gasteiger partial charge in [0.1, 0.15) is 0 Å². The van der Waals surface area contributed by atoms with Gasteiger partial charge in [-0.25, -0.2) is 0 Å². The van der Waals surface area contributed by atoms with Gasteiger partial charge in [0.15, 0.2) is 0 Å². The average Bonchev–Trinajstić information content (AvgIpc) is 2.82. The molecule has 0 aliphatic carbocycles. The molecule has 1 rings (SSSR count). The van der Waals surface area contributed by atoms with E-state index in [0.717, 1.165) is 19.7 Å². The summed E-state index contributed by atoms with van der Waals surface area (Å²) in [4.78, 5) is 5.56. The Labute approximate surface area is 76.6 Å². The summed E-state index contributed by atoms with van der Waals surface area (Å²) in [5.41, 5.74) is 0. The minimum absolute atomic E-state index is 0.300. The van der Waals surface area contributed by atoms with E-state index in [1.54, 1.807) is 8.86 Å². The molecule has 1 fully saturated rings. The second-order valence-electron chi connectivity index (χ2n) is 2.58. The molecule has 1 heterocycles. The van der Waals surface area contributed by atoms with Crippen LogP contribution >= 0.6 is 19.8 Å². The molecule has 0 radical (unpaired) electrons. The Balaban J connectivity index is 1.90. The molecular formula is C8H18INO. The first-order chi connectivity index (χ1) is 5.36. The Morgan fingerprint density at radius 2 is 1.91 bits per heavy atom. The van der Waals surface area contributed by atoms with Gasteiger partial charge in [-0.1, -0.05) is 0 Å². The number of alkyl halides is 3. The molecule has 0 amide bonds. The molecule has 0 aromatic carbocycles. The summed E-state index contributed by atoms with van der Waals surface area (Å²) < 4.78 is 4.59. The Bertz CT molecular complexity index is 102. The van der Waals surface area contributed by atoms with Gasteiger partial charge in [-0.05, 0) is 0 Å². The molecule has 68 valence electrons.